The van der Waals surface area contributed by atoms with Gasteiger partial charge >= 0.3 is 0 Å². The normalized spacial score (nSPS) is 14.6. The second kappa shape index (κ2) is 8.40. The third-order valence-corrected chi connectivity index (χ3v) is 4.12. The van der Waals surface area contributed by atoms with Crippen molar-refractivity contribution in [1.29, 1.82) is 0 Å². The molecule has 2 unspecified atom stereocenters. The summed E-state index contributed by atoms with van der Waals surface area (Å²) in [6, 6.07) is 6.64. The van der Waals surface area contributed by atoms with Gasteiger partial charge in [0, 0.05) is 26.2 Å². The SMILES string of the molecule is CCC(C)N(CCOC)CC(O)c1ccc(C)c(C)c1. The molecular formula is C17H29NO2. The largest absolute Gasteiger partial charge is 0.387 e. The first kappa shape index (κ1) is 17.2. The Labute approximate surface area is 123 Å². The van der Waals surface area contributed by atoms with Crippen LogP contribution in [0.2, 0.25) is 0 Å². The van der Waals surface area contributed by atoms with Crippen LogP contribution < -0.4 is 0 Å². The lowest BCUT2D eigenvalue weighted by atomic mass is 10.0. The molecule has 0 aromatic heterocycles. The predicted octanol–water partition coefficient (Wildman–Crippen LogP) is 3.08. The van der Waals surface area contributed by atoms with E-state index in [2.05, 4.69) is 44.7 Å². The van der Waals surface area contributed by atoms with E-state index in [0.717, 1.165) is 18.5 Å². The van der Waals surface area contributed by atoms with Crippen LogP contribution >= 0.6 is 0 Å². The Hall–Kier alpha value is -0.900. The maximum atomic E-state index is 10.5. The van der Waals surface area contributed by atoms with Gasteiger partial charge in [-0.2, -0.15) is 0 Å². The number of hydrogen-bond donors (Lipinski definition) is 1. The van der Waals surface area contributed by atoms with E-state index in [1.54, 1.807) is 7.11 Å². The van der Waals surface area contributed by atoms with E-state index < -0.39 is 6.10 Å². The molecule has 0 heterocycles. The van der Waals surface area contributed by atoms with Gasteiger partial charge in [0.05, 0.1) is 12.7 Å². The van der Waals surface area contributed by atoms with E-state index in [9.17, 15) is 5.11 Å². The van der Waals surface area contributed by atoms with Crippen molar-refractivity contribution in [2.45, 2.75) is 46.3 Å². The zero-order chi connectivity index (χ0) is 15.1. The molecule has 0 fully saturated rings. The van der Waals surface area contributed by atoms with Crippen LogP contribution in [0.1, 0.15) is 43.1 Å². The molecule has 3 nitrogen and oxygen atoms in total. The van der Waals surface area contributed by atoms with E-state index in [0.29, 0.717) is 19.2 Å². The van der Waals surface area contributed by atoms with Gasteiger partial charge in [-0.1, -0.05) is 25.1 Å². The molecule has 0 spiro atoms. The molecule has 1 aromatic rings. The summed E-state index contributed by atoms with van der Waals surface area (Å²) in [5, 5.41) is 10.5. The lowest BCUT2D eigenvalue weighted by Gasteiger charge is -2.30. The maximum absolute atomic E-state index is 10.5. The summed E-state index contributed by atoms with van der Waals surface area (Å²) in [6.45, 7) is 10.8. The summed E-state index contributed by atoms with van der Waals surface area (Å²) in [7, 11) is 1.72. The standard InChI is InChI=1S/C17H29NO2/c1-6-15(4)18(9-10-20-5)12-17(19)16-8-7-13(2)14(3)11-16/h7-8,11,15,17,19H,6,9-10,12H2,1-5H3. The topological polar surface area (TPSA) is 32.7 Å². The molecule has 0 saturated carbocycles. The van der Waals surface area contributed by atoms with Crippen molar-refractivity contribution in [2.75, 3.05) is 26.8 Å². The first-order valence-corrected chi connectivity index (χ1v) is 7.47. The van der Waals surface area contributed by atoms with Gasteiger partial charge in [-0.15, -0.1) is 0 Å². The van der Waals surface area contributed by atoms with Crippen molar-refractivity contribution in [1.82, 2.24) is 4.90 Å². The van der Waals surface area contributed by atoms with E-state index in [1.165, 1.54) is 11.1 Å². The van der Waals surface area contributed by atoms with Crippen LogP contribution in [0.3, 0.4) is 0 Å². The monoisotopic (exact) mass is 279 g/mol. The maximum Gasteiger partial charge on any atom is 0.0917 e. The summed E-state index contributed by atoms with van der Waals surface area (Å²) in [6.07, 6.45) is 0.628. The van der Waals surface area contributed by atoms with Crippen LogP contribution in [0.5, 0.6) is 0 Å². The molecule has 1 N–H and O–H groups in total. The fourth-order valence-corrected chi connectivity index (χ4v) is 2.26. The van der Waals surface area contributed by atoms with Crippen molar-refractivity contribution < 1.29 is 9.84 Å². The van der Waals surface area contributed by atoms with Crippen LogP contribution in [-0.2, 0) is 4.74 Å². The van der Waals surface area contributed by atoms with Crippen molar-refractivity contribution >= 4 is 0 Å². The van der Waals surface area contributed by atoms with Crippen molar-refractivity contribution in [3.8, 4) is 0 Å². The van der Waals surface area contributed by atoms with Gasteiger partial charge in [-0.3, -0.25) is 4.90 Å². The van der Waals surface area contributed by atoms with Crippen molar-refractivity contribution in [3.63, 3.8) is 0 Å². The molecule has 20 heavy (non-hydrogen) atoms. The molecule has 0 aliphatic rings. The highest BCUT2D eigenvalue weighted by atomic mass is 16.5. The van der Waals surface area contributed by atoms with Crippen LogP contribution in [-0.4, -0.2) is 42.9 Å². The summed E-state index contributed by atoms with van der Waals surface area (Å²) in [5.41, 5.74) is 3.49. The first-order chi connectivity index (χ1) is 9.49. The van der Waals surface area contributed by atoms with Crippen molar-refractivity contribution in [3.05, 3.63) is 34.9 Å². The zero-order valence-electron chi connectivity index (χ0n) is 13.5. The Morgan fingerprint density at radius 3 is 2.50 bits per heavy atom. The molecule has 1 rings (SSSR count). The quantitative estimate of drug-likeness (QED) is 0.794. The average molecular weight is 279 g/mol. The molecule has 0 aliphatic carbocycles. The van der Waals surface area contributed by atoms with E-state index >= 15 is 0 Å². The van der Waals surface area contributed by atoms with Gasteiger partial charge in [0.15, 0.2) is 0 Å². The Morgan fingerprint density at radius 1 is 1.25 bits per heavy atom. The van der Waals surface area contributed by atoms with E-state index in [-0.39, 0.29) is 0 Å². The highest BCUT2D eigenvalue weighted by Crippen LogP contribution is 2.19. The number of aliphatic hydroxyl groups excluding tert-OH is 1. The molecule has 2 atom stereocenters. The number of methoxy groups -OCH3 is 1. The third kappa shape index (κ3) is 4.89. The molecule has 0 aliphatic heterocycles. The number of aryl methyl sites for hydroxylation is 2. The van der Waals surface area contributed by atoms with Crippen molar-refractivity contribution in [2.24, 2.45) is 0 Å². The van der Waals surface area contributed by atoms with Gasteiger partial charge in [0.25, 0.3) is 0 Å². The Kier molecular flexibility index (Phi) is 7.20. The molecule has 0 saturated heterocycles. The van der Waals surface area contributed by atoms with Crippen LogP contribution in [0.25, 0.3) is 0 Å². The van der Waals surface area contributed by atoms with E-state index in [4.69, 9.17) is 4.74 Å². The fraction of sp³-hybridized carbons (Fsp3) is 0.647. The third-order valence-electron chi connectivity index (χ3n) is 4.12. The average Bonchev–Trinajstić information content (AvgIpc) is 2.45. The first-order valence-electron chi connectivity index (χ1n) is 7.47. The van der Waals surface area contributed by atoms with Gasteiger partial charge < -0.3 is 9.84 Å². The molecule has 0 radical (unpaired) electrons. The van der Waals surface area contributed by atoms with Crippen LogP contribution in [0.4, 0.5) is 0 Å². The number of nitrogens with zero attached hydrogens (tertiary/aromatic N) is 1. The number of ether oxygens (including phenoxy) is 1. The molecule has 114 valence electrons. The van der Waals surface area contributed by atoms with Gasteiger partial charge in [0.1, 0.15) is 0 Å². The minimum atomic E-state index is -0.444. The minimum Gasteiger partial charge on any atom is -0.387 e. The second-order valence-corrected chi connectivity index (χ2v) is 5.60. The Morgan fingerprint density at radius 2 is 1.95 bits per heavy atom. The minimum absolute atomic E-state index is 0.444. The van der Waals surface area contributed by atoms with Gasteiger partial charge in [0.2, 0.25) is 0 Å². The highest BCUT2D eigenvalue weighted by molar-refractivity contribution is 5.31. The molecule has 0 amide bonds. The predicted molar refractivity (Wildman–Crippen MR) is 84.1 cm³/mol. The lowest BCUT2D eigenvalue weighted by Crippen LogP contribution is -2.38. The Balaban J connectivity index is 2.73. The fourth-order valence-electron chi connectivity index (χ4n) is 2.26. The smallest absolute Gasteiger partial charge is 0.0917 e. The molecule has 0 bridgehead atoms. The summed E-state index contributed by atoms with van der Waals surface area (Å²) < 4.78 is 5.17. The number of aliphatic hydroxyl groups is 1. The summed E-state index contributed by atoms with van der Waals surface area (Å²) >= 11 is 0. The van der Waals surface area contributed by atoms with Gasteiger partial charge in [-0.05, 0) is 43.9 Å². The highest BCUT2D eigenvalue weighted by Gasteiger charge is 2.17. The number of rotatable bonds is 8. The van der Waals surface area contributed by atoms with E-state index in [1.807, 2.05) is 6.07 Å². The number of hydrogen-bond acceptors (Lipinski definition) is 3. The lowest BCUT2D eigenvalue weighted by molar-refractivity contribution is 0.0667. The number of benzene rings is 1. The molecular weight excluding hydrogens is 250 g/mol. The molecule has 1 aromatic carbocycles. The zero-order valence-corrected chi connectivity index (χ0v) is 13.5. The second-order valence-electron chi connectivity index (χ2n) is 5.60. The van der Waals surface area contributed by atoms with Crippen LogP contribution in [0.15, 0.2) is 18.2 Å². The summed E-state index contributed by atoms with van der Waals surface area (Å²) in [5.74, 6) is 0. The van der Waals surface area contributed by atoms with Crippen LogP contribution in [0, 0.1) is 13.8 Å². The Bertz CT molecular complexity index is 406. The summed E-state index contributed by atoms with van der Waals surface area (Å²) in [4.78, 5) is 2.29. The van der Waals surface area contributed by atoms with Gasteiger partial charge in [-0.25, -0.2) is 0 Å². The molecule has 3 heteroatoms.